The number of sulfone groups is 1. The number of thiazole rings is 1. The first-order chi connectivity index (χ1) is 8.19. The molecule has 4 nitrogen and oxygen atoms in total. The fourth-order valence-electron chi connectivity index (χ4n) is 2.01. The monoisotopic (exact) mass is 288 g/mol. The Morgan fingerprint density at radius 3 is 2.72 bits per heavy atom. The number of hydrogen-bond acceptors (Lipinski definition) is 5. The van der Waals surface area contributed by atoms with Crippen LogP contribution in [0.4, 0.5) is 0 Å². The SMILES string of the molecule is CC1(C)CC1c1nc(C(N)CCS(C)(=O)=O)cs1. The van der Waals surface area contributed by atoms with Crippen LogP contribution in [0.2, 0.25) is 0 Å². The quantitative estimate of drug-likeness (QED) is 0.900. The molecule has 0 spiro atoms. The maximum Gasteiger partial charge on any atom is 0.147 e. The fourth-order valence-corrected chi connectivity index (χ4v) is 3.88. The van der Waals surface area contributed by atoms with E-state index in [-0.39, 0.29) is 11.8 Å². The minimum Gasteiger partial charge on any atom is -0.323 e. The highest BCUT2D eigenvalue weighted by molar-refractivity contribution is 7.90. The summed E-state index contributed by atoms with van der Waals surface area (Å²) < 4.78 is 22.2. The lowest BCUT2D eigenvalue weighted by Gasteiger charge is -2.07. The van der Waals surface area contributed by atoms with Crippen molar-refractivity contribution in [1.29, 1.82) is 0 Å². The lowest BCUT2D eigenvalue weighted by molar-refractivity contribution is 0.589. The molecule has 2 atom stereocenters. The summed E-state index contributed by atoms with van der Waals surface area (Å²) in [5, 5.41) is 3.11. The number of rotatable bonds is 5. The van der Waals surface area contributed by atoms with Crippen molar-refractivity contribution in [2.45, 2.75) is 38.6 Å². The molecule has 2 rings (SSSR count). The van der Waals surface area contributed by atoms with E-state index in [9.17, 15) is 8.42 Å². The van der Waals surface area contributed by atoms with Gasteiger partial charge in [-0.25, -0.2) is 13.4 Å². The molecule has 0 bridgehead atoms. The second kappa shape index (κ2) is 4.58. The number of nitrogens with zero attached hydrogens (tertiary/aromatic N) is 1. The summed E-state index contributed by atoms with van der Waals surface area (Å²) in [6.45, 7) is 4.48. The van der Waals surface area contributed by atoms with Crippen LogP contribution in [0.1, 0.15) is 49.4 Å². The van der Waals surface area contributed by atoms with Crippen molar-refractivity contribution in [3.05, 3.63) is 16.1 Å². The largest absolute Gasteiger partial charge is 0.323 e. The zero-order valence-corrected chi connectivity index (χ0v) is 12.6. The first-order valence-corrected chi connectivity index (χ1v) is 9.02. The van der Waals surface area contributed by atoms with E-state index in [0.29, 0.717) is 17.8 Å². The summed E-state index contributed by atoms with van der Waals surface area (Å²) in [5.41, 5.74) is 7.19. The Bertz CT molecular complexity index is 534. The van der Waals surface area contributed by atoms with E-state index in [4.69, 9.17) is 5.73 Å². The second-order valence-electron chi connectivity index (χ2n) is 5.88. The Morgan fingerprint density at radius 2 is 2.22 bits per heavy atom. The van der Waals surface area contributed by atoms with Gasteiger partial charge in [0.05, 0.1) is 16.5 Å². The Hall–Kier alpha value is -0.460. The van der Waals surface area contributed by atoms with E-state index in [1.807, 2.05) is 5.38 Å². The van der Waals surface area contributed by atoms with Crippen molar-refractivity contribution in [3.63, 3.8) is 0 Å². The molecule has 1 heterocycles. The molecule has 102 valence electrons. The average molecular weight is 288 g/mol. The van der Waals surface area contributed by atoms with Gasteiger partial charge in [0, 0.05) is 23.6 Å². The molecule has 0 amide bonds. The summed E-state index contributed by atoms with van der Waals surface area (Å²) >= 11 is 1.64. The lowest BCUT2D eigenvalue weighted by Crippen LogP contribution is -2.16. The van der Waals surface area contributed by atoms with E-state index in [1.165, 1.54) is 12.7 Å². The van der Waals surface area contributed by atoms with Gasteiger partial charge in [0.2, 0.25) is 0 Å². The van der Waals surface area contributed by atoms with Gasteiger partial charge in [-0.1, -0.05) is 13.8 Å². The van der Waals surface area contributed by atoms with Gasteiger partial charge in [0.15, 0.2) is 0 Å². The first-order valence-electron chi connectivity index (χ1n) is 6.08. The number of aromatic nitrogens is 1. The van der Waals surface area contributed by atoms with Crippen LogP contribution < -0.4 is 5.73 Å². The molecule has 1 fully saturated rings. The van der Waals surface area contributed by atoms with Crippen LogP contribution in [-0.4, -0.2) is 25.4 Å². The van der Waals surface area contributed by atoms with Crippen LogP contribution in [0.15, 0.2) is 5.38 Å². The van der Waals surface area contributed by atoms with E-state index < -0.39 is 9.84 Å². The Morgan fingerprint density at radius 1 is 1.61 bits per heavy atom. The summed E-state index contributed by atoms with van der Waals surface area (Å²) in [4.78, 5) is 4.57. The summed E-state index contributed by atoms with van der Waals surface area (Å²) in [6, 6.07) is -0.272. The Kier molecular flexibility index (Phi) is 3.55. The molecule has 0 saturated heterocycles. The Labute approximate surface area is 113 Å². The Balaban J connectivity index is 1.98. The van der Waals surface area contributed by atoms with Crippen molar-refractivity contribution in [3.8, 4) is 0 Å². The van der Waals surface area contributed by atoms with E-state index in [2.05, 4.69) is 18.8 Å². The van der Waals surface area contributed by atoms with Gasteiger partial charge in [-0.3, -0.25) is 0 Å². The van der Waals surface area contributed by atoms with Gasteiger partial charge < -0.3 is 5.73 Å². The summed E-state index contributed by atoms with van der Waals surface area (Å²) in [7, 11) is -2.95. The van der Waals surface area contributed by atoms with Gasteiger partial charge >= 0.3 is 0 Å². The lowest BCUT2D eigenvalue weighted by atomic mass is 10.1. The molecule has 1 saturated carbocycles. The molecule has 0 aromatic carbocycles. The van der Waals surface area contributed by atoms with Crippen molar-refractivity contribution in [1.82, 2.24) is 4.98 Å². The second-order valence-corrected chi connectivity index (χ2v) is 9.03. The predicted molar refractivity (Wildman–Crippen MR) is 74.5 cm³/mol. The smallest absolute Gasteiger partial charge is 0.147 e. The van der Waals surface area contributed by atoms with Gasteiger partial charge in [-0.05, 0) is 18.3 Å². The van der Waals surface area contributed by atoms with Crippen LogP contribution in [0.25, 0.3) is 0 Å². The molecule has 0 aliphatic heterocycles. The van der Waals surface area contributed by atoms with Crippen molar-refractivity contribution in [2.75, 3.05) is 12.0 Å². The zero-order chi connectivity index (χ0) is 13.6. The van der Waals surface area contributed by atoms with Crippen molar-refractivity contribution < 1.29 is 8.42 Å². The van der Waals surface area contributed by atoms with Crippen molar-refractivity contribution in [2.24, 2.45) is 11.1 Å². The normalized spacial score (nSPS) is 23.9. The summed E-state index contributed by atoms with van der Waals surface area (Å²) in [5.74, 6) is 0.675. The maximum atomic E-state index is 11.1. The van der Waals surface area contributed by atoms with E-state index >= 15 is 0 Å². The molecule has 18 heavy (non-hydrogen) atoms. The fraction of sp³-hybridized carbons (Fsp3) is 0.750. The molecule has 1 aliphatic carbocycles. The molecule has 2 unspecified atom stereocenters. The third-order valence-corrected chi connectivity index (χ3v) is 5.48. The maximum absolute atomic E-state index is 11.1. The first kappa shape index (κ1) is 14.0. The van der Waals surface area contributed by atoms with E-state index in [1.54, 1.807) is 11.3 Å². The highest BCUT2D eigenvalue weighted by atomic mass is 32.2. The van der Waals surface area contributed by atoms with Gasteiger partial charge in [-0.15, -0.1) is 11.3 Å². The highest BCUT2D eigenvalue weighted by Crippen LogP contribution is 2.59. The van der Waals surface area contributed by atoms with Crippen LogP contribution in [0, 0.1) is 5.41 Å². The molecule has 0 radical (unpaired) electrons. The molecular formula is C12H20N2O2S2. The number of nitrogens with two attached hydrogens (primary N) is 1. The average Bonchev–Trinajstić information content (AvgIpc) is 2.70. The highest BCUT2D eigenvalue weighted by Gasteiger charge is 2.48. The van der Waals surface area contributed by atoms with Crippen LogP contribution in [-0.2, 0) is 9.84 Å². The molecule has 1 aromatic rings. The predicted octanol–water partition coefficient (Wildman–Crippen LogP) is 2.09. The van der Waals surface area contributed by atoms with Crippen molar-refractivity contribution >= 4 is 21.2 Å². The van der Waals surface area contributed by atoms with Crippen LogP contribution >= 0.6 is 11.3 Å². The molecule has 1 aromatic heterocycles. The molecular weight excluding hydrogens is 268 g/mol. The van der Waals surface area contributed by atoms with Gasteiger partial charge in [0.1, 0.15) is 9.84 Å². The van der Waals surface area contributed by atoms with Crippen LogP contribution in [0.5, 0.6) is 0 Å². The molecule has 2 N–H and O–H groups in total. The topological polar surface area (TPSA) is 73.0 Å². The van der Waals surface area contributed by atoms with Gasteiger partial charge in [-0.2, -0.15) is 0 Å². The van der Waals surface area contributed by atoms with E-state index in [0.717, 1.165) is 10.7 Å². The summed E-state index contributed by atoms with van der Waals surface area (Å²) in [6.07, 6.45) is 2.85. The molecule has 6 heteroatoms. The zero-order valence-electron chi connectivity index (χ0n) is 11.0. The third kappa shape index (κ3) is 3.30. The molecule has 1 aliphatic rings. The third-order valence-electron chi connectivity index (χ3n) is 3.53. The number of hydrogen-bond donors (Lipinski definition) is 1. The minimum atomic E-state index is -2.95. The minimum absolute atomic E-state index is 0.121. The van der Waals surface area contributed by atoms with Crippen LogP contribution in [0.3, 0.4) is 0 Å². The van der Waals surface area contributed by atoms with Gasteiger partial charge in [0.25, 0.3) is 0 Å². The standard InChI is InChI=1S/C12H20N2O2S2/c1-12(2)6-8(12)11-14-10(7-17-11)9(13)4-5-18(3,15)16/h7-9H,4-6,13H2,1-3H3.